The van der Waals surface area contributed by atoms with Gasteiger partial charge in [-0.15, -0.1) is 0 Å². The molecule has 4 heteroatoms. The second-order valence-electron chi connectivity index (χ2n) is 2.80. The molecule has 0 heterocycles. The van der Waals surface area contributed by atoms with Crippen molar-refractivity contribution in [2.75, 3.05) is 0 Å². The van der Waals surface area contributed by atoms with E-state index in [9.17, 15) is 9.59 Å². The molecule has 1 aromatic carbocycles. The molecule has 14 heavy (non-hydrogen) atoms. The van der Waals surface area contributed by atoms with E-state index < -0.39 is 5.78 Å². The Hall–Kier alpha value is -2.28. The standard InChI is InChI=1S/C10H4N2O2/c11-12-9-7-4-2-1-3-6(7)8(5-13)10(9)14/h1-4H. The van der Waals surface area contributed by atoms with Crippen LogP contribution < -0.4 is 0 Å². The molecular weight excluding hydrogens is 180 g/mol. The molecule has 0 saturated heterocycles. The van der Waals surface area contributed by atoms with Crippen molar-refractivity contribution in [1.82, 2.24) is 0 Å². The predicted molar refractivity (Wildman–Crippen MR) is 48.3 cm³/mol. The van der Waals surface area contributed by atoms with Gasteiger partial charge in [-0.05, 0) is 6.07 Å². The third-order valence-corrected chi connectivity index (χ3v) is 2.10. The molecule has 0 unspecified atom stereocenters. The van der Waals surface area contributed by atoms with Crippen LogP contribution in [-0.2, 0) is 9.59 Å². The first-order valence-electron chi connectivity index (χ1n) is 3.91. The van der Waals surface area contributed by atoms with Gasteiger partial charge in [0.25, 0.3) is 5.78 Å². The van der Waals surface area contributed by atoms with Gasteiger partial charge < -0.3 is 5.53 Å². The van der Waals surface area contributed by atoms with Gasteiger partial charge in [-0.25, -0.2) is 4.79 Å². The van der Waals surface area contributed by atoms with Crippen LogP contribution in [0.2, 0.25) is 0 Å². The Bertz CT molecular complexity index is 486. The van der Waals surface area contributed by atoms with Crippen molar-refractivity contribution in [3.8, 4) is 0 Å². The first kappa shape index (κ1) is 8.32. The number of hydrogen-bond donors (Lipinski definition) is 0. The van der Waals surface area contributed by atoms with Crippen molar-refractivity contribution in [3.63, 3.8) is 0 Å². The van der Waals surface area contributed by atoms with Crippen molar-refractivity contribution in [2.24, 2.45) is 0 Å². The Morgan fingerprint density at radius 2 is 1.86 bits per heavy atom. The van der Waals surface area contributed by atoms with Gasteiger partial charge in [-0.1, -0.05) is 18.2 Å². The number of nitrogens with zero attached hydrogens (tertiary/aromatic N) is 2. The zero-order valence-corrected chi connectivity index (χ0v) is 7.02. The molecule has 0 N–H and O–H groups in total. The first-order chi connectivity index (χ1) is 6.79. The third-order valence-electron chi connectivity index (χ3n) is 2.10. The molecule has 1 aromatic rings. The molecule has 0 bridgehead atoms. The molecule has 0 aromatic heterocycles. The average molecular weight is 184 g/mol. The molecule has 66 valence electrons. The van der Waals surface area contributed by atoms with E-state index in [1.807, 2.05) is 0 Å². The number of fused-ring (bicyclic) bond motifs is 1. The van der Waals surface area contributed by atoms with Crippen LogP contribution in [0, 0.1) is 0 Å². The van der Waals surface area contributed by atoms with Gasteiger partial charge in [0.1, 0.15) is 11.5 Å². The minimum absolute atomic E-state index is 0.0756. The minimum atomic E-state index is -0.580. The number of rotatable bonds is 0. The highest BCUT2D eigenvalue weighted by atomic mass is 16.1. The molecule has 0 aliphatic heterocycles. The highest BCUT2D eigenvalue weighted by molar-refractivity contribution is 6.65. The lowest BCUT2D eigenvalue weighted by molar-refractivity contribution is -0.111. The topological polar surface area (TPSA) is 70.5 Å². The van der Waals surface area contributed by atoms with E-state index in [0.717, 1.165) is 0 Å². The Morgan fingerprint density at radius 3 is 2.43 bits per heavy atom. The summed E-state index contributed by atoms with van der Waals surface area (Å²) in [6.45, 7) is 0. The molecule has 0 amide bonds. The van der Waals surface area contributed by atoms with Gasteiger partial charge >= 0.3 is 5.71 Å². The lowest BCUT2D eigenvalue weighted by Gasteiger charge is -1.89. The van der Waals surface area contributed by atoms with Crippen LogP contribution in [0.5, 0.6) is 0 Å². The van der Waals surface area contributed by atoms with E-state index in [0.29, 0.717) is 11.1 Å². The van der Waals surface area contributed by atoms with Crippen LogP contribution >= 0.6 is 0 Å². The molecule has 2 rings (SSSR count). The maximum atomic E-state index is 11.4. The van der Waals surface area contributed by atoms with Crippen molar-refractivity contribution >= 4 is 23.0 Å². The van der Waals surface area contributed by atoms with E-state index in [1.165, 1.54) is 0 Å². The van der Waals surface area contributed by atoms with Gasteiger partial charge in [0, 0.05) is 5.56 Å². The summed E-state index contributed by atoms with van der Waals surface area (Å²) in [6, 6.07) is 6.63. The number of carbonyl (C=O) groups excluding carboxylic acids is 2. The highest BCUT2D eigenvalue weighted by Crippen LogP contribution is 2.26. The maximum absolute atomic E-state index is 11.4. The largest absolute Gasteiger partial charge is 0.371 e. The number of hydrogen-bond acceptors (Lipinski definition) is 2. The smallest absolute Gasteiger partial charge is 0.361 e. The molecule has 0 atom stereocenters. The number of benzene rings is 1. The summed E-state index contributed by atoms with van der Waals surface area (Å²) in [4.78, 5) is 24.8. The Kier molecular flexibility index (Phi) is 1.72. The Balaban J connectivity index is 2.88. The molecule has 0 saturated carbocycles. The summed E-state index contributed by atoms with van der Waals surface area (Å²) in [5.41, 5.74) is 9.39. The molecule has 0 spiro atoms. The van der Waals surface area contributed by atoms with Crippen LogP contribution in [0.1, 0.15) is 11.1 Å². The Morgan fingerprint density at radius 1 is 1.21 bits per heavy atom. The number of carbonyl (C=O) groups is 1. The summed E-state index contributed by atoms with van der Waals surface area (Å²) < 4.78 is 0. The van der Waals surface area contributed by atoms with Crippen LogP contribution in [0.15, 0.2) is 24.3 Å². The van der Waals surface area contributed by atoms with Crippen LogP contribution in [-0.4, -0.2) is 22.2 Å². The molecule has 1 aliphatic carbocycles. The Labute approximate surface area is 79.1 Å². The lowest BCUT2D eigenvalue weighted by atomic mass is 10.1. The number of ketones is 1. The summed E-state index contributed by atoms with van der Waals surface area (Å²) in [5, 5.41) is 0. The van der Waals surface area contributed by atoms with Crippen molar-refractivity contribution in [2.45, 2.75) is 0 Å². The third kappa shape index (κ3) is 0.896. The predicted octanol–water partition coefficient (Wildman–Crippen LogP) is 0.503. The van der Waals surface area contributed by atoms with Crippen molar-refractivity contribution in [1.29, 1.82) is 0 Å². The lowest BCUT2D eigenvalue weighted by Crippen LogP contribution is -2.08. The second-order valence-corrected chi connectivity index (χ2v) is 2.80. The monoisotopic (exact) mass is 184 g/mol. The van der Waals surface area contributed by atoms with E-state index in [4.69, 9.17) is 5.53 Å². The molecule has 1 aliphatic rings. The summed E-state index contributed by atoms with van der Waals surface area (Å²) in [6.07, 6.45) is 0. The van der Waals surface area contributed by atoms with Crippen LogP contribution in [0.4, 0.5) is 0 Å². The molecule has 4 nitrogen and oxygen atoms in total. The quantitative estimate of drug-likeness (QED) is 0.255. The first-order valence-corrected chi connectivity index (χ1v) is 3.91. The maximum Gasteiger partial charge on any atom is 0.371 e. The van der Waals surface area contributed by atoms with Gasteiger partial charge in [0.2, 0.25) is 0 Å². The second kappa shape index (κ2) is 2.89. The summed E-state index contributed by atoms with van der Waals surface area (Å²) >= 11 is 0. The van der Waals surface area contributed by atoms with Gasteiger partial charge in [-0.3, -0.25) is 4.79 Å². The van der Waals surface area contributed by atoms with E-state index in [1.54, 1.807) is 30.2 Å². The summed E-state index contributed by atoms with van der Waals surface area (Å²) in [5.74, 6) is 0.979. The highest BCUT2D eigenvalue weighted by Gasteiger charge is 2.38. The SMILES string of the molecule is [N-]=[N+]=C1C(=O)C(=C=O)c2ccccc21. The minimum Gasteiger partial charge on any atom is -0.361 e. The van der Waals surface area contributed by atoms with Gasteiger partial charge in [0.15, 0.2) is 0 Å². The fraction of sp³-hybridized carbons (Fsp3) is 0. The van der Waals surface area contributed by atoms with E-state index in [2.05, 4.69) is 4.79 Å². The molecule has 0 fully saturated rings. The van der Waals surface area contributed by atoms with Crippen LogP contribution in [0.3, 0.4) is 0 Å². The normalized spacial score (nSPS) is 13.6. The summed E-state index contributed by atoms with van der Waals surface area (Å²) in [7, 11) is 0. The fourth-order valence-electron chi connectivity index (χ4n) is 1.47. The molecule has 0 radical (unpaired) electrons. The van der Waals surface area contributed by atoms with E-state index in [-0.39, 0.29) is 11.3 Å². The van der Waals surface area contributed by atoms with Gasteiger partial charge in [0.05, 0.1) is 5.56 Å². The van der Waals surface area contributed by atoms with Crippen molar-refractivity contribution in [3.05, 3.63) is 40.9 Å². The van der Waals surface area contributed by atoms with Crippen LogP contribution in [0.25, 0.3) is 11.1 Å². The molecular formula is C10H4N2O2. The zero-order valence-electron chi connectivity index (χ0n) is 7.02. The zero-order chi connectivity index (χ0) is 10.1. The fourth-order valence-corrected chi connectivity index (χ4v) is 1.47. The van der Waals surface area contributed by atoms with E-state index >= 15 is 0 Å². The average Bonchev–Trinajstić information content (AvgIpc) is 2.49. The number of Topliss-reactive ketones (excluding diaryl/α,β-unsaturated/α-hetero) is 1. The van der Waals surface area contributed by atoms with Gasteiger partial charge in [-0.2, -0.15) is 4.79 Å². The van der Waals surface area contributed by atoms with Crippen molar-refractivity contribution < 1.29 is 14.4 Å². The number of allylic oxidation sites excluding steroid dienone is 1.